The summed E-state index contributed by atoms with van der Waals surface area (Å²) >= 11 is 1.38. The van der Waals surface area contributed by atoms with E-state index in [9.17, 15) is 13.2 Å². The molecule has 0 unspecified atom stereocenters. The van der Waals surface area contributed by atoms with Crippen molar-refractivity contribution >= 4 is 38.1 Å². The molecule has 152 valence electrons. The molecule has 0 aliphatic heterocycles. The number of thiazole rings is 1. The van der Waals surface area contributed by atoms with Crippen molar-refractivity contribution in [3.8, 4) is 0 Å². The topological polar surface area (TPSA) is 82.6 Å². The van der Waals surface area contributed by atoms with Crippen LogP contribution in [0.5, 0.6) is 0 Å². The number of rotatable bonds is 6. The van der Waals surface area contributed by atoms with Crippen LogP contribution in [-0.4, -0.2) is 50.8 Å². The lowest BCUT2D eigenvalue weighted by Gasteiger charge is -2.28. The molecular formula is C19H26N4O3S2. The number of aromatic nitrogens is 1. The van der Waals surface area contributed by atoms with Gasteiger partial charge >= 0.3 is 0 Å². The Morgan fingerprint density at radius 1 is 1.21 bits per heavy atom. The smallest absolute Gasteiger partial charge is 0.259 e. The van der Waals surface area contributed by atoms with Gasteiger partial charge < -0.3 is 4.90 Å². The third kappa shape index (κ3) is 4.21. The van der Waals surface area contributed by atoms with E-state index in [-0.39, 0.29) is 10.8 Å². The molecule has 0 radical (unpaired) electrons. The first-order valence-electron chi connectivity index (χ1n) is 9.23. The average Bonchev–Trinajstić information content (AvgIpc) is 3.32. The van der Waals surface area contributed by atoms with Gasteiger partial charge in [-0.1, -0.05) is 12.8 Å². The largest absolute Gasteiger partial charge is 0.371 e. The molecule has 1 aromatic heterocycles. The molecule has 1 N–H and O–H groups in total. The zero-order valence-electron chi connectivity index (χ0n) is 16.6. The lowest BCUT2D eigenvalue weighted by atomic mass is 10.1. The first kappa shape index (κ1) is 20.8. The van der Waals surface area contributed by atoms with E-state index in [0.717, 1.165) is 27.7 Å². The number of benzene rings is 1. The molecule has 1 amide bonds. The maximum atomic E-state index is 13.0. The van der Waals surface area contributed by atoms with Crippen LogP contribution in [-0.2, 0) is 10.0 Å². The van der Waals surface area contributed by atoms with E-state index in [1.165, 1.54) is 44.3 Å². The second-order valence-electron chi connectivity index (χ2n) is 7.25. The van der Waals surface area contributed by atoms with Gasteiger partial charge in [-0.05, 0) is 38.0 Å². The van der Waals surface area contributed by atoms with Crippen LogP contribution in [0.15, 0.2) is 29.3 Å². The fourth-order valence-electron chi connectivity index (χ4n) is 3.44. The first-order valence-corrected chi connectivity index (χ1v) is 11.5. The number of anilines is 2. The van der Waals surface area contributed by atoms with Gasteiger partial charge in [0.15, 0.2) is 5.13 Å². The van der Waals surface area contributed by atoms with Crippen LogP contribution in [0, 0.1) is 6.92 Å². The van der Waals surface area contributed by atoms with Crippen LogP contribution in [0.3, 0.4) is 0 Å². The number of hydrogen-bond donors (Lipinski definition) is 1. The summed E-state index contributed by atoms with van der Waals surface area (Å²) in [6.45, 7) is 1.91. The molecule has 9 heteroatoms. The molecule has 28 heavy (non-hydrogen) atoms. The molecule has 1 saturated carbocycles. The molecule has 1 heterocycles. The van der Waals surface area contributed by atoms with Gasteiger partial charge in [0, 0.05) is 43.9 Å². The number of sulfonamides is 1. The van der Waals surface area contributed by atoms with Crippen molar-refractivity contribution in [2.75, 3.05) is 31.4 Å². The third-order valence-electron chi connectivity index (χ3n) is 5.09. The van der Waals surface area contributed by atoms with Gasteiger partial charge in [0.25, 0.3) is 5.91 Å². The van der Waals surface area contributed by atoms with Gasteiger partial charge in [-0.2, -0.15) is 0 Å². The summed E-state index contributed by atoms with van der Waals surface area (Å²) in [6.07, 6.45) is 6.17. The van der Waals surface area contributed by atoms with Crippen molar-refractivity contribution in [2.24, 2.45) is 0 Å². The van der Waals surface area contributed by atoms with Gasteiger partial charge in [0.05, 0.1) is 10.5 Å². The highest BCUT2D eigenvalue weighted by molar-refractivity contribution is 7.89. The van der Waals surface area contributed by atoms with Crippen LogP contribution in [0.1, 0.15) is 40.9 Å². The minimum absolute atomic E-state index is 0.0986. The minimum Gasteiger partial charge on any atom is -0.371 e. The standard InChI is InChI=1S/C19H26N4O3S2/c1-13-12-20-19(27-13)21-18(24)16-11-15(28(25,26)22(2)3)9-10-17(16)23(4)14-7-5-6-8-14/h9-12,14H,5-8H2,1-4H3,(H,20,21,24). The van der Waals surface area contributed by atoms with Crippen molar-refractivity contribution in [3.63, 3.8) is 0 Å². The molecule has 1 aromatic carbocycles. The van der Waals surface area contributed by atoms with Crippen molar-refractivity contribution < 1.29 is 13.2 Å². The second kappa shape index (κ2) is 8.18. The molecule has 3 rings (SSSR count). The Kier molecular flexibility index (Phi) is 6.07. The fourth-order valence-corrected chi connectivity index (χ4v) is 5.03. The van der Waals surface area contributed by atoms with Crippen LogP contribution in [0.4, 0.5) is 10.8 Å². The molecular weight excluding hydrogens is 396 g/mol. The fraction of sp³-hybridized carbons (Fsp3) is 0.474. The summed E-state index contributed by atoms with van der Waals surface area (Å²) in [6, 6.07) is 5.12. The highest BCUT2D eigenvalue weighted by Crippen LogP contribution is 2.32. The number of carbonyl (C=O) groups excluding carboxylic acids is 1. The average molecular weight is 423 g/mol. The van der Waals surface area contributed by atoms with Gasteiger partial charge in [-0.3, -0.25) is 10.1 Å². The summed E-state index contributed by atoms with van der Waals surface area (Å²) in [5.74, 6) is -0.356. The maximum Gasteiger partial charge on any atom is 0.259 e. The Balaban J connectivity index is 2.02. The van der Waals surface area contributed by atoms with Gasteiger partial charge in [-0.25, -0.2) is 17.7 Å². The number of aryl methyl sites for hydroxylation is 1. The number of nitrogens with one attached hydrogen (secondary N) is 1. The van der Waals surface area contributed by atoms with E-state index in [1.54, 1.807) is 18.3 Å². The molecule has 7 nitrogen and oxygen atoms in total. The minimum atomic E-state index is -3.64. The Hall–Kier alpha value is -1.97. The summed E-state index contributed by atoms with van der Waals surface area (Å²) in [7, 11) is 1.28. The molecule has 1 fully saturated rings. The summed E-state index contributed by atoms with van der Waals surface area (Å²) in [4.78, 5) is 20.4. The maximum absolute atomic E-state index is 13.0. The number of amides is 1. The van der Waals surface area contributed by atoms with Gasteiger partial charge in [-0.15, -0.1) is 11.3 Å². The van der Waals surface area contributed by atoms with Crippen LogP contribution in [0.25, 0.3) is 0 Å². The lowest BCUT2D eigenvalue weighted by molar-refractivity contribution is 0.102. The first-order chi connectivity index (χ1) is 13.2. The SMILES string of the molecule is Cc1cnc(NC(=O)c2cc(S(=O)(=O)N(C)C)ccc2N(C)C2CCCC2)s1. The molecule has 0 spiro atoms. The van der Waals surface area contributed by atoms with E-state index >= 15 is 0 Å². The zero-order valence-corrected chi connectivity index (χ0v) is 18.2. The summed E-state index contributed by atoms with van der Waals surface area (Å²) in [5, 5.41) is 3.30. The number of carbonyl (C=O) groups is 1. The van der Waals surface area contributed by atoms with Crippen molar-refractivity contribution in [2.45, 2.75) is 43.5 Å². The Morgan fingerprint density at radius 2 is 1.89 bits per heavy atom. The normalized spacial score (nSPS) is 15.2. The summed E-state index contributed by atoms with van der Waals surface area (Å²) in [5.41, 5.74) is 1.07. The predicted octanol–water partition coefficient (Wildman–Crippen LogP) is 3.33. The lowest BCUT2D eigenvalue weighted by Crippen LogP contribution is -2.31. The monoisotopic (exact) mass is 422 g/mol. The molecule has 2 aromatic rings. The van der Waals surface area contributed by atoms with Crippen molar-refractivity contribution in [1.29, 1.82) is 0 Å². The quantitative estimate of drug-likeness (QED) is 0.772. The van der Waals surface area contributed by atoms with E-state index in [2.05, 4.69) is 15.2 Å². The Labute approximate surface area is 170 Å². The molecule has 0 saturated heterocycles. The van der Waals surface area contributed by atoms with E-state index in [0.29, 0.717) is 16.7 Å². The van der Waals surface area contributed by atoms with E-state index in [4.69, 9.17) is 0 Å². The van der Waals surface area contributed by atoms with E-state index in [1.807, 2.05) is 14.0 Å². The predicted molar refractivity (Wildman–Crippen MR) is 113 cm³/mol. The van der Waals surface area contributed by atoms with Gasteiger partial charge in [0.1, 0.15) is 0 Å². The Bertz CT molecular complexity index is 963. The van der Waals surface area contributed by atoms with Crippen LogP contribution in [0.2, 0.25) is 0 Å². The molecule has 1 aliphatic carbocycles. The Morgan fingerprint density at radius 3 is 2.46 bits per heavy atom. The van der Waals surface area contributed by atoms with Crippen LogP contribution >= 0.6 is 11.3 Å². The number of nitrogens with zero attached hydrogens (tertiary/aromatic N) is 3. The zero-order chi connectivity index (χ0) is 20.5. The van der Waals surface area contributed by atoms with Crippen molar-refractivity contribution in [3.05, 3.63) is 34.8 Å². The highest BCUT2D eigenvalue weighted by atomic mass is 32.2. The summed E-state index contributed by atoms with van der Waals surface area (Å²) < 4.78 is 26.3. The highest BCUT2D eigenvalue weighted by Gasteiger charge is 2.26. The van der Waals surface area contributed by atoms with E-state index < -0.39 is 10.0 Å². The number of hydrogen-bond acceptors (Lipinski definition) is 6. The van der Waals surface area contributed by atoms with Gasteiger partial charge in [0.2, 0.25) is 10.0 Å². The molecule has 1 aliphatic rings. The van der Waals surface area contributed by atoms with Crippen molar-refractivity contribution in [1.82, 2.24) is 9.29 Å². The molecule has 0 atom stereocenters. The molecule has 0 bridgehead atoms. The van der Waals surface area contributed by atoms with Crippen LogP contribution < -0.4 is 10.2 Å². The third-order valence-corrected chi connectivity index (χ3v) is 7.72. The second-order valence-corrected chi connectivity index (χ2v) is 10.6.